The highest BCUT2D eigenvalue weighted by molar-refractivity contribution is 6.15. The average molecular weight is 399 g/mol. The lowest BCUT2D eigenvalue weighted by molar-refractivity contribution is 0.0692. The Morgan fingerprint density at radius 1 is 1.07 bits per heavy atom. The van der Waals surface area contributed by atoms with E-state index in [-0.39, 0.29) is 22.4 Å². The molecule has 0 bridgehead atoms. The van der Waals surface area contributed by atoms with Crippen molar-refractivity contribution >= 4 is 11.8 Å². The van der Waals surface area contributed by atoms with E-state index in [0.29, 0.717) is 6.10 Å². The molecule has 156 valence electrons. The minimum atomic E-state index is -1.17. The first-order valence-electron chi connectivity index (χ1n) is 10.0. The monoisotopic (exact) mass is 399 g/mol. The van der Waals surface area contributed by atoms with Crippen LogP contribution in [0.4, 0.5) is 0 Å². The first-order valence-corrected chi connectivity index (χ1v) is 10.0. The summed E-state index contributed by atoms with van der Waals surface area (Å²) >= 11 is 0. The number of ketones is 1. The van der Waals surface area contributed by atoms with E-state index in [1.807, 2.05) is 0 Å². The number of aromatic carboxylic acids is 1. The minimum Gasteiger partial charge on any atom is -0.507 e. The van der Waals surface area contributed by atoms with Gasteiger partial charge in [-0.3, -0.25) is 4.79 Å². The third kappa shape index (κ3) is 7.00. The fourth-order valence-corrected chi connectivity index (χ4v) is 3.05. The van der Waals surface area contributed by atoms with Gasteiger partial charge in [-0.15, -0.1) is 0 Å². The lowest BCUT2D eigenvalue weighted by Crippen LogP contribution is -2.26. The molecule has 0 saturated carbocycles. The topological polar surface area (TPSA) is 95.9 Å². The van der Waals surface area contributed by atoms with Crippen molar-refractivity contribution in [1.29, 1.82) is 0 Å². The number of rotatable bonds is 8. The van der Waals surface area contributed by atoms with Gasteiger partial charge in [0, 0.05) is 18.7 Å². The zero-order valence-corrected chi connectivity index (χ0v) is 16.8. The van der Waals surface area contributed by atoms with Gasteiger partial charge in [-0.1, -0.05) is 43.7 Å². The molecule has 6 heteroatoms. The molecule has 6 nitrogen and oxygen atoms in total. The highest BCUT2D eigenvalue weighted by atomic mass is 16.5. The number of phenols is 1. The van der Waals surface area contributed by atoms with Crippen molar-refractivity contribution in [2.75, 3.05) is 19.7 Å². The smallest absolute Gasteiger partial charge is 0.336 e. The van der Waals surface area contributed by atoms with Crippen LogP contribution in [-0.4, -0.2) is 47.8 Å². The maximum absolute atomic E-state index is 12.2. The summed E-state index contributed by atoms with van der Waals surface area (Å²) in [5, 5.41) is 22.0. The summed E-state index contributed by atoms with van der Waals surface area (Å²) in [5.41, 5.74) is 0.0726. The molecule has 0 amide bonds. The lowest BCUT2D eigenvalue weighted by Gasteiger charge is -2.09. The second kappa shape index (κ2) is 12.0. The van der Waals surface area contributed by atoms with Gasteiger partial charge in [0.25, 0.3) is 0 Å². The molecule has 1 atom stereocenters. The molecule has 1 unspecified atom stereocenters. The number of hydrogen-bond donors (Lipinski definition) is 3. The molecule has 1 aliphatic heterocycles. The van der Waals surface area contributed by atoms with E-state index < -0.39 is 11.8 Å². The fourth-order valence-electron chi connectivity index (χ4n) is 3.05. The fraction of sp³-hybridized carbons (Fsp3) is 0.391. The quantitative estimate of drug-likeness (QED) is 0.461. The number of aromatic hydroxyl groups is 1. The maximum Gasteiger partial charge on any atom is 0.336 e. The Morgan fingerprint density at radius 3 is 2.31 bits per heavy atom. The van der Waals surface area contributed by atoms with Gasteiger partial charge in [0.05, 0.1) is 17.2 Å². The van der Waals surface area contributed by atoms with Gasteiger partial charge in [-0.05, 0) is 44.0 Å². The number of para-hydroxylation sites is 1. The molecule has 1 aliphatic rings. The Bertz CT molecular complexity index is 799. The SMILES string of the molecule is CCCCNCC1CCCO1.O=C(O)c1ccccc1C(=O)c1ccccc1O. The zero-order valence-electron chi connectivity index (χ0n) is 16.8. The standard InChI is InChI=1S/C14H10O4.C9H19NO/c15-12-8-4-3-7-11(12)13(16)9-5-1-2-6-10(9)14(17)18;1-2-3-6-10-8-9-5-4-7-11-9/h1-8,15H,(H,17,18);9-10H,2-8H2,1H3. The van der Waals surface area contributed by atoms with Crippen LogP contribution in [-0.2, 0) is 4.74 Å². The summed E-state index contributed by atoms with van der Waals surface area (Å²) in [5.74, 6) is -1.84. The maximum atomic E-state index is 12.2. The van der Waals surface area contributed by atoms with E-state index >= 15 is 0 Å². The highest BCUT2D eigenvalue weighted by Crippen LogP contribution is 2.21. The molecule has 1 fully saturated rings. The molecule has 0 radical (unpaired) electrons. The third-order valence-electron chi connectivity index (χ3n) is 4.65. The van der Waals surface area contributed by atoms with Gasteiger partial charge in [0.1, 0.15) is 5.75 Å². The highest BCUT2D eigenvalue weighted by Gasteiger charge is 2.19. The van der Waals surface area contributed by atoms with Gasteiger partial charge in [0.2, 0.25) is 0 Å². The van der Waals surface area contributed by atoms with Gasteiger partial charge in [-0.2, -0.15) is 0 Å². The first-order chi connectivity index (χ1) is 14.0. The number of carbonyl (C=O) groups excluding carboxylic acids is 1. The normalized spacial score (nSPS) is 15.4. The van der Waals surface area contributed by atoms with E-state index in [4.69, 9.17) is 9.84 Å². The molecular weight excluding hydrogens is 370 g/mol. The van der Waals surface area contributed by atoms with Crippen LogP contribution in [0.3, 0.4) is 0 Å². The molecule has 2 aromatic rings. The summed E-state index contributed by atoms with van der Waals surface area (Å²) in [6.45, 7) is 5.39. The number of ether oxygens (including phenoxy) is 1. The Hall–Kier alpha value is -2.70. The van der Waals surface area contributed by atoms with Crippen molar-refractivity contribution in [2.45, 2.75) is 38.7 Å². The molecule has 0 aliphatic carbocycles. The van der Waals surface area contributed by atoms with Crippen LogP contribution in [0.5, 0.6) is 5.75 Å². The second-order valence-electron chi connectivity index (χ2n) is 6.89. The number of nitrogens with one attached hydrogen (secondary N) is 1. The van der Waals surface area contributed by atoms with Gasteiger partial charge < -0.3 is 20.3 Å². The van der Waals surface area contributed by atoms with Crippen LogP contribution < -0.4 is 5.32 Å². The Kier molecular flexibility index (Phi) is 9.34. The summed E-state index contributed by atoms with van der Waals surface area (Å²) in [6.07, 6.45) is 5.57. The van der Waals surface area contributed by atoms with Crippen molar-refractivity contribution in [3.05, 3.63) is 65.2 Å². The van der Waals surface area contributed by atoms with Crippen molar-refractivity contribution in [2.24, 2.45) is 0 Å². The first kappa shape index (κ1) is 22.6. The van der Waals surface area contributed by atoms with E-state index in [9.17, 15) is 14.7 Å². The molecule has 0 spiro atoms. The molecule has 29 heavy (non-hydrogen) atoms. The zero-order chi connectivity index (χ0) is 21.1. The molecule has 1 saturated heterocycles. The number of carboxylic acid groups (broad SMARTS) is 1. The minimum absolute atomic E-state index is 0.0616. The Labute approximate surface area is 171 Å². The van der Waals surface area contributed by atoms with E-state index in [1.165, 1.54) is 49.9 Å². The van der Waals surface area contributed by atoms with Gasteiger partial charge >= 0.3 is 5.97 Å². The number of unbranched alkanes of at least 4 members (excludes halogenated alkanes) is 1. The number of carboxylic acids is 1. The lowest BCUT2D eigenvalue weighted by atomic mass is 9.98. The number of hydrogen-bond acceptors (Lipinski definition) is 5. The van der Waals surface area contributed by atoms with Crippen molar-refractivity contribution < 1.29 is 24.5 Å². The van der Waals surface area contributed by atoms with Crippen molar-refractivity contribution in [1.82, 2.24) is 5.32 Å². The molecular formula is C23H29NO5. The van der Waals surface area contributed by atoms with Crippen LogP contribution in [0.15, 0.2) is 48.5 Å². The largest absolute Gasteiger partial charge is 0.507 e. The number of phenolic OH excluding ortho intramolecular Hbond substituents is 1. The van der Waals surface area contributed by atoms with Crippen molar-refractivity contribution in [3.63, 3.8) is 0 Å². The van der Waals surface area contributed by atoms with Crippen molar-refractivity contribution in [3.8, 4) is 5.75 Å². The number of benzene rings is 2. The van der Waals surface area contributed by atoms with E-state index in [0.717, 1.165) is 19.7 Å². The van der Waals surface area contributed by atoms with Crippen LogP contribution in [0, 0.1) is 0 Å². The second-order valence-corrected chi connectivity index (χ2v) is 6.89. The van der Waals surface area contributed by atoms with E-state index in [1.54, 1.807) is 24.3 Å². The van der Waals surface area contributed by atoms with Crippen LogP contribution in [0.1, 0.15) is 58.9 Å². The number of carbonyl (C=O) groups is 2. The predicted molar refractivity (Wildman–Crippen MR) is 112 cm³/mol. The van der Waals surface area contributed by atoms with Crippen LogP contribution >= 0.6 is 0 Å². The summed E-state index contributed by atoms with van der Waals surface area (Å²) in [6, 6.07) is 12.0. The van der Waals surface area contributed by atoms with Gasteiger partial charge in [0.15, 0.2) is 5.78 Å². The summed E-state index contributed by atoms with van der Waals surface area (Å²) in [7, 11) is 0. The van der Waals surface area contributed by atoms with Crippen LogP contribution in [0.2, 0.25) is 0 Å². The molecule has 1 heterocycles. The molecule has 3 rings (SSSR count). The molecule has 2 aromatic carbocycles. The molecule has 0 aromatic heterocycles. The summed E-state index contributed by atoms with van der Waals surface area (Å²) in [4.78, 5) is 23.2. The Morgan fingerprint density at radius 2 is 1.72 bits per heavy atom. The molecule has 3 N–H and O–H groups in total. The predicted octanol–water partition coefficient (Wildman–Crippen LogP) is 3.88. The Balaban J connectivity index is 0.000000234. The van der Waals surface area contributed by atoms with Crippen LogP contribution in [0.25, 0.3) is 0 Å². The van der Waals surface area contributed by atoms with Gasteiger partial charge in [-0.25, -0.2) is 4.79 Å². The summed E-state index contributed by atoms with van der Waals surface area (Å²) < 4.78 is 5.47. The average Bonchev–Trinajstić information content (AvgIpc) is 3.25. The third-order valence-corrected chi connectivity index (χ3v) is 4.65. The van der Waals surface area contributed by atoms with E-state index in [2.05, 4.69) is 12.2 Å².